The Bertz CT molecular complexity index is 904. The van der Waals surface area contributed by atoms with E-state index in [0.29, 0.717) is 18.7 Å². The maximum atomic E-state index is 12.9. The molecule has 0 spiro atoms. The molecule has 27 heavy (non-hydrogen) atoms. The fourth-order valence-corrected chi connectivity index (χ4v) is 3.33. The van der Waals surface area contributed by atoms with Gasteiger partial charge in [0.05, 0.1) is 5.69 Å². The van der Waals surface area contributed by atoms with Gasteiger partial charge in [-0.15, -0.1) is 5.10 Å². The minimum Gasteiger partial charge on any atom is -0.336 e. The second-order valence-corrected chi connectivity index (χ2v) is 6.94. The highest BCUT2D eigenvalue weighted by molar-refractivity contribution is 6.30. The van der Waals surface area contributed by atoms with Gasteiger partial charge < -0.3 is 4.90 Å². The summed E-state index contributed by atoms with van der Waals surface area (Å²) in [6, 6.07) is 15.3. The van der Waals surface area contributed by atoms with Crippen LogP contribution in [0.25, 0.3) is 5.69 Å². The third-order valence-electron chi connectivity index (χ3n) is 4.69. The predicted molar refractivity (Wildman–Crippen MR) is 102 cm³/mol. The molecule has 2 heterocycles. The van der Waals surface area contributed by atoms with E-state index in [0.717, 1.165) is 30.3 Å². The molecule has 4 rings (SSSR count). The second kappa shape index (κ2) is 7.85. The number of halogens is 1. The molecular formula is C19H19ClN6O. The molecule has 2 aromatic carbocycles. The molecule has 0 aliphatic carbocycles. The normalized spacial score (nSPS) is 15.1. The van der Waals surface area contributed by atoms with E-state index in [1.165, 1.54) is 11.9 Å². The van der Waals surface area contributed by atoms with Crippen LogP contribution in [0.4, 0.5) is 0 Å². The number of aromatic nitrogens is 4. The van der Waals surface area contributed by atoms with Gasteiger partial charge in [-0.25, -0.2) is 4.68 Å². The van der Waals surface area contributed by atoms with E-state index in [1.54, 1.807) is 4.68 Å². The molecule has 1 saturated heterocycles. The topological polar surface area (TPSA) is 67.2 Å². The van der Waals surface area contributed by atoms with Crippen molar-refractivity contribution in [2.24, 2.45) is 0 Å². The molecule has 1 aromatic heterocycles. The lowest BCUT2D eigenvalue weighted by molar-refractivity contribution is 0.0628. The first-order chi connectivity index (χ1) is 13.2. The minimum atomic E-state index is 0.0380. The van der Waals surface area contributed by atoms with Gasteiger partial charge >= 0.3 is 0 Å². The third-order valence-corrected chi connectivity index (χ3v) is 4.94. The maximum absolute atomic E-state index is 12.9. The van der Waals surface area contributed by atoms with E-state index < -0.39 is 0 Å². The van der Waals surface area contributed by atoms with Crippen molar-refractivity contribution in [2.75, 3.05) is 26.2 Å². The molecule has 3 aromatic rings. The molecule has 8 heteroatoms. The number of hydrogen-bond acceptors (Lipinski definition) is 5. The second-order valence-electron chi connectivity index (χ2n) is 6.50. The number of rotatable bonds is 4. The zero-order valence-corrected chi connectivity index (χ0v) is 15.5. The van der Waals surface area contributed by atoms with Crippen molar-refractivity contribution < 1.29 is 4.79 Å². The molecule has 0 atom stereocenters. The van der Waals surface area contributed by atoms with Crippen LogP contribution in [-0.2, 0) is 6.54 Å². The number of carbonyl (C=O) groups excluding carboxylic acids is 1. The van der Waals surface area contributed by atoms with Crippen molar-refractivity contribution in [2.45, 2.75) is 6.54 Å². The summed E-state index contributed by atoms with van der Waals surface area (Å²) in [5.74, 6) is 0.0380. The van der Waals surface area contributed by atoms with Gasteiger partial charge in [0, 0.05) is 43.3 Å². The Morgan fingerprint density at radius 1 is 1.04 bits per heavy atom. The summed E-state index contributed by atoms with van der Waals surface area (Å²) in [5, 5.41) is 11.9. The maximum Gasteiger partial charge on any atom is 0.254 e. The largest absolute Gasteiger partial charge is 0.336 e. The molecule has 1 aliphatic heterocycles. The van der Waals surface area contributed by atoms with Crippen LogP contribution in [0.1, 0.15) is 15.9 Å². The van der Waals surface area contributed by atoms with Crippen LogP contribution in [0.3, 0.4) is 0 Å². The van der Waals surface area contributed by atoms with Gasteiger partial charge in [0.2, 0.25) is 0 Å². The molecular weight excluding hydrogens is 364 g/mol. The summed E-state index contributed by atoms with van der Waals surface area (Å²) < 4.78 is 1.54. The fourth-order valence-electron chi connectivity index (χ4n) is 3.20. The van der Waals surface area contributed by atoms with Gasteiger partial charge in [0.15, 0.2) is 0 Å². The number of carbonyl (C=O) groups is 1. The number of hydrogen-bond donors (Lipinski definition) is 0. The van der Waals surface area contributed by atoms with E-state index in [2.05, 4.69) is 20.4 Å². The molecule has 7 nitrogen and oxygen atoms in total. The van der Waals surface area contributed by atoms with Crippen LogP contribution in [0.15, 0.2) is 54.9 Å². The Hall–Kier alpha value is -2.77. The highest BCUT2D eigenvalue weighted by atomic mass is 35.5. The van der Waals surface area contributed by atoms with Gasteiger partial charge in [0.25, 0.3) is 5.91 Å². The average Bonchev–Trinajstić information content (AvgIpc) is 3.25. The van der Waals surface area contributed by atoms with Crippen molar-refractivity contribution >= 4 is 17.5 Å². The van der Waals surface area contributed by atoms with Crippen LogP contribution in [0, 0.1) is 0 Å². The van der Waals surface area contributed by atoms with Gasteiger partial charge in [-0.05, 0) is 46.3 Å². The smallest absolute Gasteiger partial charge is 0.254 e. The Kier molecular flexibility index (Phi) is 5.13. The van der Waals surface area contributed by atoms with Gasteiger partial charge in [-0.3, -0.25) is 9.69 Å². The Morgan fingerprint density at radius 2 is 1.81 bits per heavy atom. The van der Waals surface area contributed by atoms with E-state index in [4.69, 9.17) is 11.6 Å². The number of amides is 1. The molecule has 1 amide bonds. The molecule has 1 fully saturated rings. The van der Waals surface area contributed by atoms with E-state index in [1.807, 2.05) is 53.4 Å². The minimum absolute atomic E-state index is 0.0380. The average molecular weight is 383 g/mol. The molecule has 1 aliphatic rings. The third kappa shape index (κ3) is 4.15. The molecule has 0 unspecified atom stereocenters. The van der Waals surface area contributed by atoms with Gasteiger partial charge in [-0.1, -0.05) is 29.8 Å². The Labute approximate surface area is 162 Å². The van der Waals surface area contributed by atoms with Crippen molar-refractivity contribution in [1.29, 1.82) is 0 Å². The zero-order valence-electron chi connectivity index (χ0n) is 14.7. The molecule has 0 radical (unpaired) electrons. The van der Waals surface area contributed by atoms with Gasteiger partial charge in [0.1, 0.15) is 6.33 Å². The summed E-state index contributed by atoms with van der Waals surface area (Å²) in [5.41, 5.74) is 2.65. The summed E-state index contributed by atoms with van der Waals surface area (Å²) in [6.07, 6.45) is 1.51. The fraction of sp³-hybridized carbons (Fsp3) is 0.263. The van der Waals surface area contributed by atoms with Crippen LogP contribution in [0.5, 0.6) is 0 Å². The number of tetrazole rings is 1. The van der Waals surface area contributed by atoms with Crippen molar-refractivity contribution in [3.8, 4) is 5.69 Å². The summed E-state index contributed by atoms with van der Waals surface area (Å²) >= 11 is 5.94. The lowest BCUT2D eigenvalue weighted by Crippen LogP contribution is -2.48. The van der Waals surface area contributed by atoms with E-state index >= 15 is 0 Å². The van der Waals surface area contributed by atoms with Crippen LogP contribution in [-0.4, -0.2) is 62.1 Å². The highest BCUT2D eigenvalue weighted by Crippen LogP contribution is 2.15. The number of nitrogens with zero attached hydrogens (tertiary/aromatic N) is 6. The quantitative estimate of drug-likeness (QED) is 0.692. The van der Waals surface area contributed by atoms with Crippen LogP contribution in [0.2, 0.25) is 5.02 Å². The first kappa shape index (κ1) is 17.6. The van der Waals surface area contributed by atoms with Crippen molar-refractivity contribution in [3.05, 3.63) is 71.0 Å². The standard InChI is InChI=1S/C19H19ClN6O/c20-17-6-4-15(5-7-17)13-24-8-10-25(11-9-24)19(27)16-2-1-3-18(12-16)26-14-21-22-23-26/h1-7,12,14H,8-11,13H2. The SMILES string of the molecule is O=C(c1cccc(-n2cnnn2)c1)N1CCN(Cc2ccc(Cl)cc2)CC1. The summed E-state index contributed by atoms with van der Waals surface area (Å²) in [4.78, 5) is 17.1. The monoisotopic (exact) mass is 382 g/mol. The Morgan fingerprint density at radius 3 is 2.52 bits per heavy atom. The summed E-state index contributed by atoms with van der Waals surface area (Å²) in [7, 11) is 0. The number of benzene rings is 2. The van der Waals surface area contributed by atoms with E-state index in [9.17, 15) is 4.79 Å². The van der Waals surface area contributed by atoms with Crippen molar-refractivity contribution in [3.63, 3.8) is 0 Å². The van der Waals surface area contributed by atoms with Crippen molar-refractivity contribution in [1.82, 2.24) is 30.0 Å². The lowest BCUT2D eigenvalue weighted by Gasteiger charge is -2.34. The molecule has 0 bridgehead atoms. The molecule has 0 N–H and O–H groups in total. The first-order valence-electron chi connectivity index (χ1n) is 8.78. The number of piperazine rings is 1. The van der Waals surface area contributed by atoms with E-state index in [-0.39, 0.29) is 5.91 Å². The lowest BCUT2D eigenvalue weighted by atomic mass is 10.1. The Balaban J connectivity index is 1.37. The first-order valence-corrected chi connectivity index (χ1v) is 9.16. The summed E-state index contributed by atoms with van der Waals surface area (Å²) in [6.45, 7) is 3.99. The predicted octanol–water partition coefficient (Wildman–Crippen LogP) is 2.27. The molecule has 138 valence electrons. The van der Waals surface area contributed by atoms with Crippen LogP contribution < -0.4 is 0 Å². The van der Waals surface area contributed by atoms with Gasteiger partial charge in [-0.2, -0.15) is 0 Å². The molecule has 0 saturated carbocycles. The highest BCUT2D eigenvalue weighted by Gasteiger charge is 2.22. The van der Waals surface area contributed by atoms with Crippen LogP contribution >= 0.6 is 11.6 Å². The zero-order chi connectivity index (χ0) is 18.6.